The van der Waals surface area contributed by atoms with E-state index in [1.807, 2.05) is 44.2 Å². The van der Waals surface area contributed by atoms with Gasteiger partial charge in [-0.25, -0.2) is 4.79 Å². The van der Waals surface area contributed by atoms with Gasteiger partial charge in [-0.1, -0.05) is 37.2 Å². The average molecular weight is 343 g/mol. The van der Waals surface area contributed by atoms with E-state index in [0.29, 0.717) is 23.6 Å². The summed E-state index contributed by atoms with van der Waals surface area (Å²) in [4.78, 5) is 26.1. The zero-order valence-electron chi connectivity index (χ0n) is 14.5. The Hall–Kier alpha value is -2.83. The standard InChI is InChI=1S/C18H21N3O4/c1-11(2)16-15(12(3)20-25-16)17(22)19-9-14-10-21(18(23)24-14)13-7-5-4-6-8-13/h4-8,11,14H,9-10H2,1-3H3,(H,19,22). The Kier molecular flexibility index (Phi) is 4.74. The van der Waals surface area contributed by atoms with E-state index in [1.165, 1.54) is 0 Å². The van der Waals surface area contributed by atoms with E-state index in [9.17, 15) is 9.59 Å². The molecule has 132 valence electrons. The minimum atomic E-state index is -0.408. The normalized spacial score (nSPS) is 17.0. The number of benzene rings is 1. The van der Waals surface area contributed by atoms with Crippen LogP contribution in [0.5, 0.6) is 0 Å². The fourth-order valence-corrected chi connectivity index (χ4v) is 2.80. The van der Waals surface area contributed by atoms with Crippen molar-refractivity contribution in [3.05, 3.63) is 47.3 Å². The average Bonchev–Trinajstić information content (AvgIpc) is 3.16. The molecule has 2 amide bonds. The molecule has 0 saturated carbocycles. The van der Waals surface area contributed by atoms with Gasteiger partial charge < -0.3 is 14.6 Å². The molecule has 0 bridgehead atoms. The van der Waals surface area contributed by atoms with Crippen molar-refractivity contribution >= 4 is 17.7 Å². The molecular weight excluding hydrogens is 322 g/mol. The summed E-state index contributed by atoms with van der Waals surface area (Å²) in [5.41, 5.74) is 1.79. The highest BCUT2D eigenvalue weighted by Gasteiger charge is 2.33. The predicted octanol–water partition coefficient (Wildman–Crippen LogP) is 2.86. The molecule has 1 atom stereocenters. The molecule has 1 unspecified atom stereocenters. The highest BCUT2D eigenvalue weighted by molar-refractivity contribution is 5.96. The fourth-order valence-electron chi connectivity index (χ4n) is 2.80. The van der Waals surface area contributed by atoms with Crippen LogP contribution in [0.25, 0.3) is 0 Å². The summed E-state index contributed by atoms with van der Waals surface area (Å²) in [6.07, 6.45) is -0.811. The van der Waals surface area contributed by atoms with Crippen LogP contribution in [0.3, 0.4) is 0 Å². The molecule has 2 aromatic rings. The molecule has 0 radical (unpaired) electrons. The topological polar surface area (TPSA) is 84.7 Å². The highest BCUT2D eigenvalue weighted by Crippen LogP contribution is 2.23. The van der Waals surface area contributed by atoms with E-state index in [-0.39, 0.29) is 18.4 Å². The van der Waals surface area contributed by atoms with Gasteiger partial charge in [0.1, 0.15) is 11.7 Å². The lowest BCUT2D eigenvalue weighted by atomic mass is 10.0. The van der Waals surface area contributed by atoms with Crippen LogP contribution in [0.15, 0.2) is 34.9 Å². The van der Waals surface area contributed by atoms with Crippen molar-refractivity contribution in [3.63, 3.8) is 0 Å². The highest BCUT2D eigenvalue weighted by atomic mass is 16.6. The van der Waals surface area contributed by atoms with E-state index >= 15 is 0 Å². The maximum Gasteiger partial charge on any atom is 0.414 e. The molecule has 1 aromatic carbocycles. The van der Waals surface area contributed by atoms with Gasteiger partial charge in [-0.3, -0.25) is 9.69 Å². The van der Waals surface area contributed by atoms with Gasteiger partial charge in [0.25, 0.3) is 5.91 Å². The number of amides is 2. The number of aromatic nitrogens is 1. The van der Waals surface area contributed by atoms with Crippen LogP contribution < -0.4 is 10.2 Å². The second-order valence-corrected chi connectivity index (χ2v) is 6.32. The summed E-state index contributed by atoms with van der Waals surface area (Å²) in [6.45, 7) is 6.23. The number of anilines is 1. The van der Waals surface area contributed by atoms with Gasteiger partial charge in [0.05, 0.1) is 18.8 Å². The molecule has 1 N–H and O–H groups in total. The predicted molar refractivity (Wildman–Crippen MR) is 91.7 cm³/mol. The number of rotatable bonds is 5. The van der Waals surface area contributed by atoms with Crippen molar-refractivity contribution in [3.8, 4) is 0 Å². The first-order chi connectivity index (χ1) is 12.0. The van der Waals surface area contributed by atoms with Crippen molar-refractivity contribution in [1.29, 1.82) is 0 Å². The van der Waals surface area contributed by atoms with Gasteiger partial charge in [0.2, 0.25) is 0 Å². The van der Waals surface area contributed by atoms with E-state index in [2.05, 4.69) is 10.5 Å². The van der Waals surface area contributed by atoms with Gasteiger partial charge in [0, 0.05) is 11.6 Å². The maximum atomic E-state index is 12.5. The maximum absolute atomic E-state index is 12.5. The van der Waals surface area contributed by atoms with Gasteiger partial charge >= 0.3 is 6.09 Å². The van der Waals surface area contributed by atoms with Crippen molar-refractivity contribution < 1.29 is 18.8 Å². The van der Waals surface area contributed by atoms with Crippen molar-refractivity contribution in [2.45, 2.75) is 32.8 Å². The molecular formula is C18H21N3O4. The summed E-state index contributed by atoms with van der Waals surface area (Å²) in [5.74, 6) is 0.348. The number of carbonyl (C=O) groups is 2. The Labute approximate surface area is 145 Å². The molecule has 1 aromatic heterocycles. The van der Waals surface area contributed by atoms with Crippen LogP contribution in [0.4, 0.5) is 10.5 Å². The Morgan fingerprint density at radius 2 is 2.08 bits per heavy atom. The Balaban J connectivity index is 1.62. The Bertz CT molecular complexity index is 770. The third-order valence-corrected chi connectivity index (χ3v) is 4.07. The molecule has 1 fully saturated rings. The van der Waals surface area contributed by atoms with Gasteiger partial charge in [-0.15, -0.1) is 0 Å². The molecule has 1 saturated heterocycles. The Morgan fingerprint density at radius 1 is 1.36 bits per heavy atom. The van der Waals surface area contributed by atoms with E-state index < -0.39 is 12.2 Å². The van der Waals surface area contributed by atoms with Crippen molar-refractivity contribution in [2.75, 3.05) is 18.0 Å². The first kappa shape index (κ1) is 17.0. The molecule has 3 rings (SSSR count). The quantitative estimate of drug-likeness (QED) is 0.902. The van der Waals surface area contributed by atoms with Crippen molar-refractivity contribution in [1.82, 2.24) is 10.5 Å². The lowest BCUT2D eigenvalue weighted by molar-refractivity contribution is 0.0913. The SMILES string of the molecule is Cc1noc(C(C)C)c1C(=O)NCC1CN(c2ccccc2)C(=O)O1. The molecule has 1 aliphatic rings. The third kappa shape index (κ3) is 3.50. The number of aryl methyl sites for hydroxylation is 1. The zero-order chi connectivity index (χ0) is 18.0. The summed E-state index contributed by atoms with van der Waals surface area (Å²) in [6, 6.07) is 9.30. The molecule has 7 heteroatoms. The number of carbonyl (C=O) groups excluding carboxylic acids is 2. The minimum Gasteiger partial charge on any atom is -0.442 e. The van der Waals surface area contributed by atoms with Crippen LogP contribution in [-0.4, -0.2) is 36.4 Å². The summed E-state index contributed by atoms with van der Waals surface area (Å²) < 4.78 is 10.6. The van der Waals surface area contributed by atoms with E-state index in [0.717, 1.165) is 5.69 Å². The molecule has 0 aliphatic carbocycles. The van der Waals surface area contributed by atoms with Crippen LogP contribution in [-0.2, 0) is 4.74 Å². The first-order valence-corrected chi connectivity index (χ1v) is 8.25. The zero-order valence-corrected chi connectivity index (χ0v) is 14.5. The van der Waals surface area contributed by atoms with E-state index in [4.69, 9.17) is 9.26 Å². The largest absolute Gasteiger partial charge is 0.442 e. The smallest absolute Gasteiger partial charge is 0.414 e. The van der Waals surface area contributed by atoms with E-state index in [1.54, 1.807) is 11.8 Å². The first-order valence-electron chi connectivity index (χ1n) is 8.25. The molecule has 2 heterocycles. The van der Waals surface area contributed by atoms with Crippen LogP contribution >= 0.6 is 0 Å². The molecule has 25 heavy (non-hydrogen) atoms. The van der Waals surface area contributed by atoms with Gasteiger partial charge in [-0.2, -0.15) is 0 Å². The monoisotopic (exact) mass is 343 g/mol. The molecule has 7 nitrogen and oxygen atoms in total. The second-order valence-electron chi connectivity index (χ2n) is 6.32. The summed E-state index contributed by atoms with van der Waals surface area (Å²) >= 11 is 0. The number of hydrogen-bond acceptors (Lipinski definition) is 5. The third-order valence-electron chi connectivity index (χ3n) is 4.07. The number of ether oxygens (including phenoxy) is 1. The number of nitrogens with zero attached hydrogens (tertiary/aromatic N) is 2. The Morgan fingerprint density at radius 3 is 2.76 bits per heavy atom. The lowest BCUT2D eigenvalue weighted by Crippen LogP contribution is -2.35. The van der Waals surface area contributed by atoms with Crippen LogP contribution in [0, 0.1) is 6.92 Å². The molecule has 1 aliphatic heterocycles. The number of nitrogens with one attached hydrogen (secondary N) is 1. The van der Waals surface area contributed by atoms with Gasteiger partial charge in [-0.05, 0) is 19.1 Å². The number of hydrogen-bond donors (Lipinski definition) is 1. The second kappa shape index (κ2) is 6.96. The number of cyclic esters (lactones) is 1. The number of para-hydroxylation sites is 1. The van der Waals surface area contributed by atoms with Gasteiger partial charge in [0.15, 0.2) is 5.76 Å². The molecule has 0 spiro atoms. The fraction of sp³-hybridized carbons (Fsp3) is 0.389. The minimum absolute atomic E-state index is 0.0554. The summed E-state index contributed by atoms with van der Waals surface area (Å²) in [5, 5.41) is 6.69. The van der Waals surface area contributed by atoms with Crippen LogP contribution in [0.1, 0.15) is 41.6 Å². The van der Waals surface area contributed by atoms with Crippen LogP contribution in [0.2, 0.25) is 0 Å². The summed E-state index contributed by atoms with van der Waals surface area (Å²) in [7, 11) is 0. The lowest BCUT2D eigenvalue weighted by Gasteiger charge is -2.13. The van der Waals surface area contributed by atoms with Crippen molar-refractivity contribution in [2.24, 2.45) is 0 Å².